The van der Waals surface area contributed by atoms with Crippen LogP contribution < -0.4 is 5.43 Å². The second-order valence-corrected chi connectivity index (χ2v) is 3.91. The first-order valence-corrected chi connectivity index (χ1v) is 4.08. The van der Waals surface area contributed by atoms with Crippen molar-refractivity contribution in [2.45, 2.75) is 39.2 Å². The molecule has 0 spiro atoms. The Balaban J connectivity index is 2.62. The van der Waals surface area contributed by atoms with Gasteiger partial charge in [0, 0.05) is 13.0 Å². The summed E-state index contributed by atoms with van der Waals surface area (Å²) < 4.78 is 0. The highest BCUT2D eigenvalue weighted by atomic mass is 16.2. The lowest BCUT2D eigenvalue weighted by molar-refractivity contribution is -0.143. The Labute approximate surface area is 67.7 Å². The van der Waals surface area contributed by atoms with Crippen LogP contribution in [0.15, 0.2) is 0 Å². The Bertz CT molecular complexity index is 160. The summed E-state index contributed by atoms with van der Waals surface area (Å²) in [5.74, 6) is 0.212. The van der Waals surface area contributed by atoms with Crippen molar-refractivity contribution in [2.75, 3.05) is 6.54 Å². The van der Waals surface area contributed by atoms with Crippen molar-refractivity contribution in [1.82, 2.24) is 10.4 Å². The Morgan fingerprint density at radius 3 is 2.45 bits per heavy atom. The van der Waals surface area contributed by atoms with E-state index in [2.05, 4.69) is 5.43 Å². The van der Waals surface area contributed by atoms with Crippen molar-refractivity contribution in [3.8, 4) is 0 Å². The summed E-state index contributed by atoms with van der Waals surface area (Å²) in [5, 5.41) is 1.73. The molecule has 3 nitrogen and oxygen atoms in total. The van der Waals surface area contributed by atoms with E-state index in [4.69, 9.17) is 0 Å². The van der Waals surface area contributed by atoms with E-state index in [0.29, 0.717) is 6.42 Å². The second kappa shape index (κ2) is 2.81. The zero-order chi connectivity index (χ0) is 8.48. The van der Waals surface area contributed by atoms with Crippen LogP contribution in [0.4, 0.5) is 0 Å². The van der Waals surface area contributed by atoms with Crippen molar-refractivity contribution >= 4 is 5.91 Å². The molecule has 0 radical (unpaired) electrons. The lowest BCUT2D eigenvalue weighted by Gasteiger charge is -2.38. The number of carbonyl (C=O) groups is 1. The average molecular weight is 156 g/mol. The van der Waals surface area contributed by atoms with E-state index in [9.17, 15) is 4.79 Å². The van der Waals surface area contributed by atoms with Gasteiger partial charge in [-0.1, -0.05) is 0 Å². The van der Waals surface area contributed by atoms with Gasteiger partial charge in [-0.2, -0.15) is 0 Å². The van der Waals surface area contributed by atoms with Crippen LogP contribution in [0.25, 0.3) is 0 Å². The van der Waals surface area contributed by atoms with Crippen molar-refractivity contribution in [2.24, 2.45) is 0 Å². The molecule has 0 saturated carbocycles. The van der Waals surface area contributed by atoms with E-state index >= 15 is 0 Å². The molecule has 64 valence electrons. The normalized spacial score (nSPS) is 20.6. The standard InChI is InChI=1S/C8H16N2O/c1-8(2,3)10-7(11)5-4-6-9-10/h9H,4-6H2,1-3H3. The Morgan fingerprint density at radius 2 is 2.09 bits per heavy atom. The summed E-state index contributed by atoms with van der Waals surface area (Å²) in [6, 6.07) is 0. The number of rotatable bonds is 0. The van der Waals surface area contributed by atoms with Gasteiger partial charge in [0.25, 0.3) is 0 Å². The van der Waals surface area contributed by atoms with E-state index in [0.717, 1.165) is 13.0 Å². The third-order valence-corrected chi connectivity index (χ3v) is 1.76. The van der Waals surface area contributed by atoms with Crippen molar-refractivity contribution < 1.29 is 4.79 Å². The van der Waals surface area contributed by atoms with Crippen LogP contribution >= 0.6 is 0 Å². The lowest BCUT2D eigenvalue weighted by atomic mass is 10.1. The Morgan fingerprint density at radius 1 is 1.45 bits per heavy atom. The molecule has 0 unspecified atom stereocenters. The maximum absolute atomic E-state index is 11.3. The SMILES string of the molecule is CC(C)(C)N1NCCCC1=O. The van der Waals surface area contributed by atoms with Crippen LogP contribution in [0.5, 0.6) is 0 Å². The number of hydrazine groups is 1. The third-order valence-electron chi connectivity index (χ3n) is 1.76. The number of amides is 1. The smallest absolute Gasteiger partial charge is 0.237 e. The van der Waals surface area contributed by atoms with Gasteiger partial charge in [-0.15, -0.1) is 0 Å². The first kappa shape index (κ1) is 8.53. The highest BCUT2D eigenvalue weighted by Crippen LogP contribution is 2.14. The molecule has 0 aliphatic carbocycles. The predicted octanol–water partition coefficient (Wildman–Crippen LogP) is 0.912. The number of nitrogens with one attached hydrogen (secondary N) is 1. The van der Waals surface area contributed by atoms with Gasteiger partial charge in [0.15, 0.2) is 0 Å². The highest BCUT2D eigenvalue weighted by Gasteiger charge is 2.27. The summed E-state index contributed by atoms with van der Waals surface area (Å²) >= 11 is 0. The van der Waals surface area contributed by atoms with Crippen LogP contribution in [-0.4, -0.2) is 23.0 Å². The molecule has 1 saturated heterocycles. The number of nitrogens with zero attached hydrogens (tertiary/aromatic N) is 1. The molecule has 0 atom stereocenters. The summed E-state index contributed by atoms with van der Waals surface area (Å²) in [4.78, 5) is 11.3. The molecule has 1 N–H and O–H groups in total. The van der Waals surface area contributed by atoms with Gasteiger partial charge in [0.1, 0.15) is 0 Å². The summed E-state index contributed by atoms with van der Waals surface area (Å²) in [5.41, 5.74) is 3.01. The number of hydrogen-bond donors (Lipinski definition) is 1. The molecule has 1 fully saturated rings. The van der Waals surface area contributed by atoms with E-state index in [1.54, 1.807) is 5.01 Å². The zero-order valence-corrected chi connectivity index (χ0v) is 7.48. The monoisotopic (exact) mass is 156 g/mol. The van der Waals surface area contributed by atoms with E-state index < -0.39 is 0 Å². The fraction of sp³-hybridized carbons (Fsp3) is 0.875. The van der Waals surface area contributed by atoms with Crippen molar-refractivity contribution in [3.05, 3.63) is 0 Å². The molecule has 0 aromatic heterocycles. The molecular formula is C8H16N2O. The van der Waals surface area contributed by atoms with E-state index in [1.165, 1.54) is 0 Å². The largest absolute Gasteiger partial charge is 0.273 e. The Kier molecular flexibility index (Phi) is 2.18. The van der Waals surface area contributed by atoms with Gasteiger partial charge in [-0.05, 0) is 27.2 Å². The first-order valence-electron chi connectivity index (χ1n) is 4.08. The van der Waals surface area contributed by atoms with Crippen LogP contribution in [0.3, 0.4) is 0 Å². The number of hydrogen-bond acceptors (Lipinski definition) is 2. The van der Waals surface area contributed by atoms with Crippen molar-refractivity contribution in [1.29, 1.82) is 0 Å². The van der Waals surface area contributed by atoms with Gasteiger partial charge >= 0.3 is 0 Å². The van der Waals surface area contributed by atoms with E-state index in [-0.39, 0.29) is 11.4 Å². The van der Waals surface area contributed by atoms with Gasteiger partial charge in [0.2, 0.25) is 5.91 Å². The van der Waals surface area contributed by atoms with Crippen LogP contribution in [0.1, 0.15) is 33.6 Å². The highest BCUT2D eigenvalue weighted by molar-refractivity contribution is 5.77. The molecule has 1 heterocycles. The molecule has 0 bridgehead atoms. The molecule has 11 heavy (non-hydrogen) atoms. The molecule has 3 heteroatoms. The van der Waals surface area contributed by atoms with Crippen molar-refractivity contribution in [3.63, 3.8) is 0 Å². The molecule has 1 amide bonds. The van der Waals surface area contributed by atoms with Crippen LogP contribution in [0.2, 0.25) is 0 Å². The minimum absolute atomic E-state index is 0.0858. The topological polar surface area (TPSA) is 32.3 Å². The summed E-state index contributed by atoms with van der Waals surface area (Å²) in [6.45, 7) is 7.01. The first-order chi connectivity index (χ1) is 5.02. The molecular weight excluding hydrogens is 140 g/mol. The Hall–Kier alpha value is -0.570. The summed E-state index contributed by atoms with van der Waals surface area (Å²) in [6.07, 6.45) is 1.65. The van der Waals surface area contributed by atoms with Gasteiger partial charge in [0.05, 0.1) is 5.54 Å². The van der Waals surface area contributed by atoms with Crippen LogP contribution in [0, 0.1) is 0 Å². The molecule has 0 aromatic rings. The van der Waals surface area contributed by atoms with Gasteiger partial charge < -0.3 is 0 Å². The molecule has 1 aliphatic rings. The zero-order valence-electron chi connectivity index (χ0n) is 7.48. The fourth-order valence-corrected chi connectivity index (χ4v) is 1.24. The predicted molar refractivity (Wildman–Crippen MR) is 43.8 cm³/mol. The van der Waals surface area contributed by atoms with Gasteiger partial charge in [-0.3, -0.25) is 9.80 Å². The second-order valence-electron chi connectivity index (χ2n) is 3.91. The molecule has 1 rings (SSSR count). The quantitative estimate of drug-likeness (QED) is 0.565. The average Bonchev–Trinajstić information content (AvgIpc) is 1.86. The third kappa shape index (κ3) is 1.93. The molecule has 1 aliphatic heterocycles. The van der Waals surface area contributed by atoms with Gasteiger partial charge in [-0.25, -0.2) is 5.43 Å². The number of carbonyl (C=O) groups excluding carboxylic acids is 1. The maximum Gasteiger partial charge on any atom is 0.237 e. The molecule has 0 aromatic carbocycles. The minimum Gasteiger partial charge on any atom is -0.273 e. The van der Waals surface area contributed by atoms with E-state index in [1.807, 2.05) is 20.8 Å². The minimum atomic E-state index is -0.0858. The van der Waals surface area contributed by atoms with Crippen LogP contribution in [-0.2, 0) is 4.79 Å². The fourth-order valence-electron chi connectivity index (χ4n) is 1.24. The summed E-state index contributed by atoms with van der Waals surface area (Å²) in [7, 11) is 0. The maximum atomic E-state index is 11.3. The lowest BCUT2D eigenvalue weighted by Crippen LogP contribution is -2.56.